The average Bonchev–Trinajstić information content (AvgIpc) is 2.63. The van der Waals surface area contributed by atoms with E-state index in [0.717, 1.165) is 43.5 Å². The Morgan fingerprint density at radius 1 is 1.15 bits per heavy atom. The number of piperidine rings is 2. The molecule has 1 spiro atoms. The molecule has 3 saturated heterocycles. The number of likely N-dealkylation sites (tertiary alicyclic amines) is 1. The van der Waals surface area contributed by atoms with Gasteiger partial charge >= 0.3 is 5.69 Å². The van der Waals surface area contributed by atoms with Crippen molar-refractivity contribution < 1.29 is 9.66 Å². The number of aryl methyl sites for hydroxylation is 1. The van der Waals surface area contributed by atoms with Crippen LogP contribution in [0.15, 0.2) is 12.1 Å². The van der Waals surface area contributed by atoms with Crippen molar-refractivity contribution in [2.75, 3.05) is 51.3 Å². The third kappa shape index (κ3) is 3.50. The summed E-state index contributed by atoms with van der Waals surface area (Å²) in [5.74, 6) is 0.350. The molecular weight excluding hydrogens is 344 g/mol. The maximum Gasteiger partial charge on any atom is 0.311 e. The molecule has 0 unspecified atom stereocenters. The van der Waals surface area contributed by atoms with Crippen molar-refractivity contribution in [3.63, 3.8) is 0 Å². The predicted molar refractivity (Wildman–Crippen MR) is 106 cm³/mol. The van der Waals surface area contributed by atoms with E-state index in [0.29, 0.717) is 11.2 Å². The van der Waals surface area contributed by atoms with Crippen LogP contribution in [0, 0.1) is 22.5 Å². The van der Waals surface area contributed by atoms with Gasteiger partial charge in [-0.15, -0.1) is 0 Å². The Morgan fingerprint density at radius 2 is 1.78 bits per heavy atom. The number of anilines is 1. The van der Waals surface area contributed by atoms with Gasteiger partial charge in [-0.3, -0.25) is 15.0 Å². The summed E-state index contributed by atoms with van der Waals surface area (Å²) in [6.45, 7) is 8.77. The topological polar surface area (TPSA) is 70.9 Å². The number of nitrogens with zero attached hydrogens (tertiary/aromatic N) is 3. The highest BCUT2D eigenvalue weighted by atomic mass is 16.6. The van der Waals surface area contributed by atoms with Gasteiger partial charge < -0.3 is 15.0 Å². The molecule has 1 aromatic rings. The SMILES string of the molecule is COc1cc(N2CCC3(CC2)CCN(C2CNC2)CC3)c(C)cc1[N+](=O)[O-]. The quantitative estimate of drug-likeness (QED) is 0.645. The normalized spacial score (nSPS) is 23.3. The molecule has 1 aromatic carbocycles. The molecule has 0 radical (unpaired) electrons. The predicted octanol–water partition coefficient (Wildman–Crippen LogP) is 2.57. The standard InChI is InChI=1S/C20H30N4O3/c1-15-11-18(24(25)26)19(27-2)12-17(15)23-9-5-20(6-10-23)3-7-22(8-4-20)16-13-21-14-16/h11-12,16,21H,3-10,13-14H2,1-2H3. The third-order valence-corrected chi connectivity index (χ3v) is 6.99. The smallest absolute Gasteiger partial charge is 0.311 e. The first-order valence-corrected chi connectivity index (χ1v) is 10.0. The van der Waals surface area contributed by atoms with E-state index in [-0.39, 0.29) is 10.6 Å². The van der Waals surface area contributed by atoms with Gasteiger partial charge in [-0.25, -0.2) is 0 Å². The molecule has 3 aliphatic rings. The molecule has 0 bridgehead atoms. The Morgan fingerprint density at radius 3 is 2.30 bits per heavy atom. The van der Waals surface area contributed by atoms with Crippen LogP contribution in [-0.4, -0.2) is 62.2 Å². The second-order valence-electron chi connectivity index (χ2n) is 8.40. The second-order valence-corrected chi connectivity index (χ2v) is 8.40. The fourth-order valence-electron chi connectivity index (χ4n) is 4.93. The van der Waals surface area contributed by atoms with Crippen molar-refractivity contribution in [3.8, 4) is 5.75 Å². The Bertz CT molecular complexity index is 701. The molecule has 7 nitrogen and oxygen atoms in total. The zero-order valence-electron chi connectivity index (χ0n) is 16.4. The highest BCUT2D eigenvalue weighted by Gasteiger charge is 2.40. The van der Waals surface area contributed by atoms with Crippen LogP contribution in [-0.2, 0) is 0 Å². The van der Waals surface area contributed by atoms with Gasteiger partial charge in [0.05, 0.1) is 12.0 Å². The highest BCUT2D eigenvalue weighted by Crippen LogP contribution is 2.44. The first kappa shape index (κ1) is 18.5. The van der Waals surface area contributed by atoms with Crippen LogP contribution in [0.25, 0.3) is 0 Å². The molecule has 0 atom stereocenters. The maximum absolute atomic E-state index is 11.2. The van der Waals surface area contributed by atoms with E-state index in [2.05, 4.69) is 15.1 Å². The summed E-state index contributed by atoms with van der Waals surface area (Å²) >= 11 is 0. The van der Waals surface area contributed by atoms with Gasteiger partial charge in [-0.2, -0.15) is 0 Å². The first-order chi connectivity index (χ1) is 13.0. The van der Waals surface area contributed by atoms with Gasteiger partial charge in [0, 0.05) is 50.0 Å². The van der Waals surface area contributed by atoms with Crippen molar-refractivity contribution in [3.05, 3.63) is 27.8 Å². The third-order valence-electron chi connectivity index (χ3n) is 6.99. The summed E-state index contributed by atoms with van der Waals surface area (Å²) in [6, 6.07) is 4.25. The van der Waals surface area contributed by atoms with E-state index in [1.54, 1.807) is 6.07 Å². The highest BCUT2D eigenvalue weighted by molar-refractivity contribution is 5.64. The Labute approximate surface area is 160 Å². The lowest BCUT2D eigenvalue weighted by Gasteiger charge is -2.50. The number of hydrogen-bond donors (Lipinski definition) is 1. The number of benzene rings is 1. The molecule has 3 fully saturated rings. The van der Waals surface area contributed by atoms with E-state index < -0.39 is 0 Å². The van der Waals surface area contributed by atoms with E-state index in [1.807, 2.05) is 13.0 Å². The van der Waals surface area contributed by atoms with Gasteiger partial charge in [0.2, 0.25) is 0 Å². The zero-order chi connectivity index (χ0) is 19.0. The average molecular weight is 374 g/mol. The molecule has 27 heavy (non-hydrogen) atoms. The number of rotatable bonds is 4. The Kier molecular flexibility index (Phi) is 4.99. The van der Waals surface area contributed by atoms with E-state index in [9.17, 15) is 10.1 Å². The lowest BCUT2D eigenvalue weighted by molar-refractivity contribution is -0.385. The maximum atomic E-state index is 11.2. The Balaban J connectivity index is 1.41. The van der Waals surface area contributed by atoms with Gasteiger partial charge in [0.1, 0.15) is 0 Å². The molecule has 0 saturated carbocycles. The van der Waals surface area contributed by atoms with Crippen LogP contribution in [0.4, 0.5) is 11.4 Å². The molecule has 148 valence electrons. The van der Waals surface area contributed by atoms with Crippen LogP contribution in [0.3, 0.4) is 0 Å². The second kappa shape index (κ2) is 7.28. The lowest BCUT2D eigenvalue weighted by atomic mass is 9.71. The van der Waals surface area contributed by atoms with Crippen molar-refractivity contribution in [1.82, 2.24) is 10.2 Å². The van der Waals surface area contributed by atoms with Crippen LogP contribution in [0.1, 0.15) is 31.2 Å². The van der Waals surface area contributed by atoms with Gasteiger partial charge in [-0.05, 0) is 56.7 Å². The van der Waals surface area contributed by atoms with Crippen LogP contribution in [0.2, 0.25) is 0 Å². The minimum Gasteiger partial charge on any atom is -0.490 e. The number of nitrogens with one attached hydrogen (secondary N) is 1. The van der Waals surface area contributed by atoms with E-state index in [1.165, 1.54) is 45.9 Å². The van der Waals surface area contributed by atoms with Crippen molar-refractivity contribution in [1.29, 1.82) is 0 Å². The fourth-order valence-corrected chi connectivity index (χ4v) is 4.93. The van der Waals surface area contributed by atoms with Crippen LogP contribution >= 0.6 is 0 Å². The molecule has 0 aromatic heterocycles. The van der Waals surface area contributed by atoms with Crippen molar-refractivity contribution in [2.24, 2.45) is 5.41 Å². The molecule has 3 heterocycles. The zero-order valence-corrected chi connectivity index (χ0v) is 16.4. The summed E-state index contributed by atoms with van der Waals surface area (Å²) < 4.78 is 5.27. The van der Waals surface area contributed by atoms with E-state index in [4.69, 9.17) is 4.74 Å². The monoisotopic (exact) mass is 374 g/mol. The molecule has 0 amide bonds. The largest absolute Gasteiger partial charge is 0.490 e. The summed E-state index contributed by atoms with van der Waals surface area (Å²) in [6.07, 6.45) is 5.03. The molecule has 3 aliphatic heterocycles. The van der Waals surface area contributed by atoms with Gasteiger partial charge in [0.15, 0.2) is 5.75 Å². The van der Waals surface area contributed by atoms with Crippen LogP contribution < -0.4 is 15.0 Å². The number of nitro groups is 1. The summed E-state index contributed by atoms with van der Waals surface area (Å²) in [5, 5.41) is 14.6. The first-order valence-electron chi connectivity index (χ1n) is 10.0. The number of nitro benzene ring substituents is 1. The molecular formula is C20H30N4O3. The number of ether oxygens (including phenoxy) is 1. The van der Waals surface area contributed by atoms with Gasteiger partial charge in [-0.1, -0.05) is 0 Å². The fraction of sp³-hybridized carbons (Fsp3) is 0.700. The molecule has 1 N–H and O–H groups in total. The van der Waals surface area contributed by atoms with Crippen molar-refractivity contribution in [2.45, 2.75) is 38.6 Å². The Hall–Kier alpha value is -1.86. The number of hydrogen-bond acceptors (Lipinski definition) is 6. The lowest BCUT2D eigenvalue weighted by Crippen LogP contribution is -2.60. The minimum atomic E-state index is -0.369. The summed E-state index contributed by atoms with van der Waals surface area (Å²) in [5.41, 5.74) is 2.56. The summed E-state index contributed by atoms with van der Waals surface area (Å²) in [7, 11) is 1.50. The van der Waals surface area contributed by atoms with Crippen molar-refractivity contribution >= 4 is 11.4 Å². The summed E-state index contributed by atoms with van der Waals surface area (Å²) in [4.78, 5) is 15.9. The number of methoxy groups -OCH3 is 1. The minimum absolute atomic E-state index is 0.0464. The molecule has 4 rings (SSSR count). The molecule has 7 heteroatoms. The van der Waals surface area contributed by atoms with E-state index >= 15 is 0 Å². The molecule has 0 aliphatic carbocycles. The van der Waals surface area contributed by atoms with Gasteiger partial charge in [0.25, 0.3) is 0 Å². The van der Waals surface area contributed by atoms with Crippen LogP contribution in [0.5, 0.6) is 5.75 Å².